The van der Waals surface area contributed by atoms with Crippen LogP contribution < -0.4 is 15.9 Å². The van der Waals surface area contributed by atoms with E-state index in [0.717, 1.165) is 37.3 Å². The van der Waals surface area contributed by atoms with Crippen LogP contribution in [0.25, 0.3) is 0 Å². The molecule has 0 saturated carbocycles. The summed E-state index contributed by atoms with van der Waals surface area (Å²) in [6.45, 7) is 5.04. The number of nitrogens with one attached hydrogen (secondary N) is 1. The van der Waals surface area contributed by atoms with Crippen LogP contribution in [0.3, 0.4) is 0 Å². The molecule has 3 N–H and O–H groups in total. The zero-order valence-electron chi connectivity index (χ0n) is 17.6. The van der Waals surface area contributed by atoms with Gasteiger partial charge in [0.25, 0.3) is 5.91 Å². The Hall–Kier alpha value is -1.79. The van der Waals surface area contributed by atoms with Gasteiger partial charge in [0.2, 0.25) is 0 Å². The first-order chi connectivity index (χ1) is 13.5. The minimum atomic E-state index is -0.448. The molecule has 1 heterocycles. The number of amides is 1. The van der Waals surface area contributed by atoms with E-state index < -0.39 is 6.04 Å². The molecule has 0 aromatic heterocycles. The minimum Gasteiger partial charge on any atom is -0.457 e. The van der Waals surface area contributed by atoms with Crippen molar-refractivity contribution in [2.75, 3.05) is 6.54 Å². The number of rotatable bonds is 8. The van der Waals surface area contributed by atoms with E-state index in [9.17, 15) is 4.79 Å². The van der Waals surface area contributed by atoms with Gasteiger partial charge in [-0.25, -0.2) is 5.01 Å². The number of hydrogen-bond donors (Lipinski definition) is 2. The quantitative estimate of drug-likeness (QED) is 0.605. The van der Waals surface area contributed by atoms with Crippen molar-refractivity contribution in [1.29, 1.82) is 0 Å². The van der Waals surface area contributed by atoms with Crippen LogP contribution in [0.5, 0.6) is 11.5 Å². The molecule has 1 amide bonds. The van der Waals surface area contributed by atoms with E-state index in [4.69, 9.17) is 10.5 Å². The van der Waals surface area contributed by atoms with Gasteiger partial charge in [-0.2, -0.15) is 0 Å². The number of carbonyl (C=O) groups is 1. The molecule has 30 heavy (non-hydrogen) atoms. The molecule has 1 unspecified atom stereocenters. The molecule has 5 nitrogen and oxygen atoms in total. The SMILES string of the molecule is CC(C)C[C@H](N)C(=O)NN1CCCC1Cc1ccc(Oc2ccccc2)cc1.Cl.Cl. The van der Waals surface area contributed by atoms with Crippen molar-refractivity contribution < 1.29 is 9.53 Å². The molecule has 1 saturated heterocycles. The van der Waals surface area contributed by atoms with Crippen molar-refractivity contribution in [1.82, 2.24) is 10.4 Å². The third-order valence-electron chi connectivity index (χ3n) is 5.07. The summed E-state index contributed by atoms with van der Waals surface area (Å²) in [4.78, 5) is 12.4. The maximum absolute atomic E-state index is 12.4. The average molecular weight is 454 g/mol. The summed E-state index contributed by atoms with van der Waals surface area (Å²) in [6.07, 6.45) is 3.75. The lowest BCUT2D eigenvalue weighted by atomic mass is 10.0. The highest BCUT2D eigenvalue weighted by Crippen LogP contribution is 2.24. The molecule has 2 atom stereocenters. The van der Waals surface area contributed by atoms with Crippen LogP contribution in [0, 0.1) is 5.92 Å². The predicted molar refractivity (Wildman–Crippen MR) is 126 cm³/mol. The Bertz CT molecular complexity index is 757. The highest BCUT2D eigenvalue weighted by Gasteiger charge is 2.27. The number of hydrogen-bond acceptors (Lipinski definition) is 4. The van der Waals surface area contributed by atoms with E-state index in [2.05, 4.69) is 36.4 Å². The zero-order chi connectivity index (χ0) is 19.9. The third-order valence-corrected chi connectivity index (χ3v) is 5.07. The van der Waals surface area contributed by atoms with Gasteiger partial charge in [0.15, 0.2) is 0 Å². The van der Waals surface area contributed by atoms with E-state index in [0.29, 0.717) is 18.4 Å². The van der Waals surface area contributed by atoms with Crippen molar-refractivity contribution >= 4 is 30.7 Å². The summed E-state index contributed by atoms with van der Waals surface area (Å²) in [7, 11) is 0. The molecular weight excluding hydrogens is 421 g/mol. The monoisotopic (exact) mass is 453 g/mol. The van der Waals surface area contributed by atoms with Gasteiger partial charge in [0, 0.05) is 12.6 Å². The summed E-state index contributed by atoms with van der Waals surface area (Å²) in [5.41, 5.74) is 10.3. The number of hydrazine groups is 1. The molecule has 0 radical (unpaired) electrons. The van der Waals surface area contributed by atoms with Crippen molar-refractivity contribution in [3.05, 3.63) is 60.2 Å². The maximum atomic E-state index is 12.4. The molecule has 166 valence electrons. The van der Waals surface area contributed by atoms with E-state index in [1.165, 1.54) is 5.56 Å². The highest BCUT2D eigenvalue weighted by atomic mass is 35.5. The van der Waals surface area contributed by atoms with Crippen LogP contribution in [-0.2, 0) is 11.2 Å². The first kappa shape index (κ1) is 26.2. The molecule has 0 spiro atoms. The van der Waals surface area contributed by atoms with Crippen LogP contribution in [0.1, 0.15) is 38.7 Å². The van der Waals surface area contributed by atoms with Gasteiger partial charge in [0.1, 0.15) is 11.5 Å². The van der Waals surface area contributed by atoms with Crippen molar-refractivity contribution in [2.24, 2.45) is 11.7 Å². The van der Waals surface area contributed by atoms with Gasteiger partial charge < -0.3 is 10.5 Å². The van der Waals surface area contributed by atoms with Gasteiger partial charge in [-0.3, -0.25) is 10.2 Å². The van der Waals surface area contributed by atoms with Crippen molar-refractivity contribution in [2.45, 2.75) is 51.6 Å². The summed E-state index contributed by atoms with van der Waals surface area (Å²) in [6, 6.07) is 17.8. The highest BCUT2D eigenvalue weighted by molar-refractivity contribution is 5.85. The van der Waals surface area contributed by atoms with Gasteiger partial charge in [-0.15, -0.1) is 24.8 Å². The van der Waals surface area contributed by atoms with E-state index >= 15 is 0 Å². The second kappa shape index (κ2) is 12.8. The molecule has 0 bridgehead atoms. The molecule has 2 aromatic carbocycles. The Labute approximate surface area is 192 Å². The average Bonchev–Trinajstić information content (AvgIpc) is 3.10. The first-order valence-electron chi connectivity index (χ1n) is 10.2. The smallest absolute Gasteiger partial charge is 0.251 e. The van der Waals surface area contributed by atoms with Gasteiger partial charge >= 0.3 is 0 Å². The summed E-state index contributed by atoms with van der Waals surface area (Å²) >= 11 is 0. The molecule has 3 rings (SSSR count). The molecule has 1 aliphatic heterocycles. The van der Waals surface area contributed by atoms with Gasteiger partial charge in [-0.05, 0) is 61.4 Å². The number of carbonyl (C=O) groups excluding carboxylic acids is 1. The minimum absolute atomic E-state index is 0. The topological polar surface area (TPSA) is 67.6 Å². The van der Waals surface area contributed by atoms with Crippen LogP contribution in [0.4, 0.5) is 0 Å². The largest absolute Gasteiger partial charge is 0.457 e. The molecule has 1 aliphatic rings. The number of nitrogens with zero attached hydrogens (tertiary/aromatic N) is 1. The lowest BCUT2D eigenvalue weighted by Crippen LogP contribution is -2.52. The van der Waals surface area contributed by atoms with E-state index in [1.54, 1.807) is 0 Å². The van der Waals surface area contributed by atoms with Crippen LogP contribution >= 0.6 is 24.8 Å². The zero-order valence-corrected chi connectivity index (χ0v) is 19.3. The number of nitrogens with two attached hydrogens (primary N) is 1. The standard InChI is InChI=1S/C23H31N3O2.2ClH/c1-17(2)15-22(24)23(27)25-26-14-6-7-19(26)16-18-10-12-21(13-11-18)28-20-8-4-3-5-9-20;;/h3-5,8-13,17,19,22H,6-7,14-16,24H2,1-2H3,(H,25,27);2*1H/t19?,22-;;/m0../s1. The molecular formula is C23H33Cl2N3O2. The number of para-hydroxylation sites is 1. The Kier molecular flexibility index (Phi) is 11.2. The summed E-state index contributed by atoms with van der Waals surface area (Å²) in [5.74, 6) is 1.99. The van der Waals surface area contributed by atoms with E-state index in [1.807, 2.05) is 42.5 Å². The number of halogens is 2. The van der Waals surface area contributed by atoms with Gasteiger partial charge in [-0.1, -0.05) is 44.2 Å². The first-order valence-corrected chi connectivity index (χ1v) is 10.2. The second-order valence-corrected chi connectivity index (χ2v) is 7.96. The Morgan fingerprint density at radius 3 is 2.37 bits per heavy atom. The summed E-state index contributed by atoms with van der Waals surface area (Å²) in [5, 5.41) is 2.07. The fraction of sp³-hybridized carbons (Fsp3) is 0.435. The lowest BCUT2D eigenvalue weighted by Gasteiger charge is -2.27. The van der Waals surface area contributed by atoms with Crippen LogP contribution in [-0.4, -0.2) is 29.5 Å². The second-order valence-electron chi connectivity index (χ2n) is 7.96. The lowest BCUT2D eigenvalue weighted by molar-refractivity contribution is -0.128. The Balaban J connectivity index is 0.00000225. The molecule has 7 heteroatoms. The number of benzene rings is 2. The van der Waals surface area contributed by atoms with E-state index in [-0.39, 0.29) is 30.7 Å². The van der Waals surface area contributed by atoms with Crippen molar-refractivity contribution in [3.63, 3.8) is 0 Å². The normalized spacial score (nSPS) is 17.0. The molecule has 2 aromatic rings. The molecule has 1 fully saturated rings. The fourth-order valence-electron chi connectivity index (χ4n) is 3.62. The van der Waals surface area contributed by atoms with Gasteiger partial charge in [0.05, 0.1) is 6.04 Å². The maximum Gasteiger partial charge on any atom is 0.251 e. The summed E-state index contributed by atoms with van der Waals surface area (Å²) < 4.78 is 5.85. The van der Waals surface area contributed by atoms with Crippen molar-refractivity contribution in [3.8, 4) is 11.5 Å². The van der Waals surface area contributed by atoms with Crippen LogP contribution in [0.15, 0.2) is 54.6 Å². The van der Waals surface area contributed by atoms with Crippen LogP contribution in [0.2, 0.25) is 0 Å². The fourth-order valence-corrected chi connectivity index (χ4v) is 3.62. The number of ether oxygens (including phenoxy) is 1. The molecule has 0 aliphatic carbocycles. The third kappa shape index (κ3) is 7.80. The Morgan fingerprint density at radius 1 is 1.10 bits per heavy atom. The predicted octanol–water partition coefficient (Wildman–Crippen LogP) is 4.73. The Morgan fingerprint density at radius 2 is 1.73 bits per heavy atom.